The van der Waals surface area contributed by atoms with Gasteiger partial charge in [-0.2, -0.15) is 5.26 Å². The van der Waals surface area contributed by atoms with Crippen molar-refractivity contribution in [3.63, 3.8) is 0 Å². The highest BCUT2D eigenvalue weighted by Gasteiger charge is 2.24. The number of thioether (sulfide) groups is 2. The highest BCUT2D eigenvalue weighted by atomic mass is 32.2. The standard InChI is InChI=1S/C23H27N5OS2/c1-26-12-17-9-16(13-27-22(17)25)21-10-19(15-5-7-29-8-6-15)20(11-24)23(28-21)31-14-30-18-3-2-4-18/h9-10,12-13,15,18H,2-8,14H2,1H3,(H2,25,27). The Bertz CT molecular complexity index is 994. The number of aromatic nitrogens is 2. The average Bonchev–Trinajstić information content (AvgIpc) is 2.77. The molecule has 0 atom stereocenters. The summed E-state index contributed by atoms with van der Waals surface area (Å²) in [5, 5.41) is 12.5. The maximum atomic E-state index is 10.0. The number of pyridine rings is 2. The molecule has 1 aliphatic heterocycles. The third-order valence-corrected chi connectivity index (χ3v) is 8.38. The lowest BCUT2D eigenvalue weighted by Gasteiger charge is -2.25. The summed E-state index contributed by atoms with van der Waals surface area (Å²) in [6.45, 7) is 1.46. The van der Waals surface area contributed by atoms with Gasteiger partial charge in [0, 0.05) is 54.1 Å². The van der Waals surface area contributed by atoms with Gasteiger partial charge in [-0.1, -0.05) is 18.2 Å². The lowest BCUT2D eigenvalue weighted by atomic mass is 9.88. The fourth-order valence-electron chi connectivity index (χ4n) is 3.83. The van der Waals surface area contributed by atoms with Crippen LogP contribution in [-0.2, 0) is 4.74 Å². The third kappa shape index (κ3) is 5.22. The first-order valence-electron chi connectivity index (χ1n) is 10.6. The predicted molar refractivity (Wildman–Crippen MR) is 129 cm³/mol. The van der Waals surface area contributed by atoms with E-state index in [4.69, 9.17) is 15.5 Å². The first kappa shape index (κ1) is 22.1. The van der Waals surface area contributed by atoms with E-state index in [0.29, 0.717) is 17.3 Å². The van der Waals surface area contributed by atoms with Crippen LogP contribution < -0.4 is 5.73 Å². The molecule has 6 nitrogen and oxygen atoms in total. The van der Waals surface area contributed by atoms with Gasteiger partial charge in [0.05, 0.1) is 11.3 Å². The SMILES string of the molecule is CN=Cc1cc(-c2cc(C3CCOCC3)c(C#N)c(SCSC3CCC3)n2)cnc1N. The Kier molecular flexibility index (Phi) is 7.49. The van der Waals surface area contributed by atoms with Crippen LogP contribution in [-0.4, -0.2) is 46.8 Å². The summed E-state index contributed by atoms with van der Waals surface area (Å²) in [4.78, 5) is 13.3. The molecule has 8 heteroatoms. The van der Waals surface area contributed by atoms with Gasteiger partial charge in [-0.05, 0) is 49.3 Å². The molecule has 1 saturated heterocycles. The Morgan fingerprint density at radius 1 is 1.29 bits per heavy atom. The molecule has 0 unspecified atom stereocenters. The molecule has 0 spiro atoms. The number of nitrogen functional groups attached to an aromatic ring is 1. The number of nitriles is 1. The average molecular weight is 454 g/mol. The number of hydrogen-bond donors (Lipinski definition) is 1. The molecule has 0 amide bonds. The van der Waals surface area contributed by atoms with Crippen LogP contribution in [0.1, 0.15) is 54.7 Å². The minimum absolute atomic E-state index is 0.308. The fraction of sp³-hybridized carbons (Fsp3) is 0.478. The molecule has 0 radical (unpaired) electrons. The van der Waals surface area contributed by atoms with E-state index >= 15 is 0 Å². The van der Waals surface area contributed by atoms with E-state index in [1.54, 1.807) is 31.2 Å². The largest absolute Gasteiger partial charge is 0.383 e. The van der Waals surface area contributed by atoms with Crippen LogP contribution in [0.3, 0.4) is 0 Å². The zero-order chi connectivity index (χ0) is 21.6. The van der Waals surface area contributed by atoms with Crippen molar-refractivity contribution in [2.45, 2.75) is 48.3 Å². The van der Waals surface area contributed by atoms with Crippen LogP contribution in [0.2, 0.25) is 0 Å². The summed E-state index contributed by atoms with van der Waals surface area (Å²) in [6, 6.07) is 6.49. The zero-order valence-electron chi connectivity index (χ0n) is 17.7. The Balaban J connectivity index is 1.72. The van der Waals surface area contributed by atoms with E-state index in [9.17, 15) is 5.26 Å². The molecule has 0 aromatic carbocycles. The summed E-state index contributed by atoms with van der Waals surface area (Å²) in [7, 11) is 1.71. The Hall–Kier alpha value is -2.08. The van der Waals surface area contributed by atoms with Crippen LogP contribution >= 0.6 is 23.5 Å². The highest BCUT2D eigenvalue weighted by Crippen LogP contribution is 2.39. The van der Waals surface area contributed by atoms with E-state index in [1.165, 1.54) is 19.3 Å². The summed E-state index contributed by atoms with van der Waals surface area (Å²) < 4.78 is 5.56. The quantitative estimate of drug-likeness (QED) is 0.363. The van der Waals surface area contributed by atoms with Crippen LogP contribution in [0.25, 0.3) is 11.3 Å². The molecule has 1 saturated carbocycles. The van der Waals surface area contributed by atoms with Crippen molar-refractivity contribution < 1.29 is 4.74 Å². The molecule has 3 heterocycles. The molecule has 4 rings (SSSR count). The van der Waals surface area contributed by atoms with Crippen LogP contribution in [0, 0.1) is 11.3 Å². The van der Waals surface area contributed by atoms with Gasteiger partial charge in [0.1, 0.15) is 16.9 Å². The second kappa shape index (κ2) is 10.5. The van der Waals surface area contributed by atoms with Gasteiger partial charge in [0.25, 0.3) is 0 Å². The first-order chi connectivity index (χ1) is 15.2. The third-order valence-electron chi connectivity index (χ3n) is 5.85. The second-order valence-corrected chi connectivity index (χ2v) is 10.5. The maximum Gasteiger partial charge on any atom is 0.132 e. The van der Waals surface area contributed by atoms with Gasteiger partial charge in [0.15, 0.2) is 0 Å². The van der Waals surface area contributed by atoms with Gasteiger partial charge in [0.2, 0.25) is 0 Å². The lowest BCUT2D eigenvalue weighted by Crippen LogP contribution is -2.16. The number of anilines is 1. The van der Waals surface area contributed by atoms with Crippen LogP contribution in [0.4, 0.5) is 5.82 Å². The summed E-state index contributed by atoms with van der Waals surface area (Å²) in [5.41, 5.74) is 10.3. The van der Waals surface area contributed by atoms with Crippen molar-refractivity contribution in [3.8, 4) is 17.3 Å². The number of hydrogen-bond acceptors (Lipinski definition) is 8. The number of nitrogens with two attached hydrogens (primary N) is 1. The van der Waals surface area contributed by atoms with Gasteiger partial charge < -0.3 is 10.5 Å². The lowest BCUT2D eigenvalue weighted by molar-refractivity contribution is 0.0852. The van der Waals surface area contributed by atoms with E-state index < -0.39 is 0 Å². The molecule has 1 aliphatic carbocycles. The number of rotatable bonds is 7. The molecule has 2 aliphatic rings. The molecule has 31 heavy (non-hydrogen) atoms. The summed E-state index contributed by atoms with van der Waals surface area (Å²) >= 11 is 3.66. The van der Waals surface area contributed by atoms with Crippen molar-refractivity contribution in [1.82, 2.24) is 9.97 Å². The normalized spacial score (nSPS) is 17.5. The van der Waals surface area contributed by atoms with E-state index in [1.807, 2.05) is 17.8 Å². The van der Waals surface area contributed by atoms with Gasteiger partial charge in [-0.25, -0.2) is 9.97 Å². The van der Waals surface area contributed by atoms with Crippen LogP contribution in [0.5, 0.6) is 0 Å². The Morgan fingerprint density at radius 3 is 2.77 bits per heavy atom. The van der Waals surface area contributed by atoms with Gasteiger partial charge in [-0.3, -0.25) is 4.99 Å². The maximum absolute atomic E-state index is 10.0. The Morgan fingerprint density at radius 2 is 2.10 bits per heavy atom. The molecule has 2 aromatic rings. The summed E-state index contributed by atoms with van der Waals surface area (Å²) in [6.07, 6.45) is 9.24. The van der Waals surface area contributed by atoms with E-state index in [0.717, 1.165) is 63.8 Å². The molecular weight excluding hydrogens is 426 g/mol. The zero-order valence-corrected chi connectivity index (χ0v) is 19.3. The first-order valence-corrected chi connectivity index (χ1v) is 12.7. The minimum Gasteiger partial charge on any atom is -0.383 e. The van der Waals surface area contributed by atoms with Crippen molar-refractivity contribution in [2.75, 3.05) is 31.1 Å². The van der Waals surface area contributed by atoms with Gasteiger partial charge >= 0.3 is 0 Å². The molecule has 0 bridgehead atoms. The molecule has 2 aromatic heterocycles. The number of ether oxygens (including phenoxy) is 1. The number of aliphatic imine (C=N–C) groups is 1. The number of nitrogens with zero attached hydrogens (tertiary/aromatic N) is 4. The van der Waals surface area contributed by atoms with Crippen molar-refractivity contribution in [1.29, 1.82) is 5.26 Å². The molecule has 2 fully saturated rings. The van der Waals surface area contributed by atoms with Crippen molar-refractivity contribution >= 4 is 35.6 Å². The smallest absolute Gasteiger partial charge is 0.132 e. The van der Waals surface area contributed by atoms with E-state index in [-0.39, 0.29) is 0 Å². The van der Waals surface area contributed by atoms with E-state index in [2.05, 4.69) is 22.1 Å². The Labute approximate surface area is 192 Å². The molecular formula is C23H27N5OS2. The highest BCUT2D eigenvalue weighted by molar-refractivity contribution is 8.16. The van der Waals surface area contributed by atoms with Crippen molar-refractivity contribution in [2.24, 2.45) is 4.99 Å². The second-order valence-electron chi connectivity index (χ2n) is 7.84. The molecule has 2 N–H and O–H groups in total. The topological polar surface area (TPSA) is 97.2 Å². The van der Waals surface area contributed by atoms with Gasteiger partial charge in [-0.15, -0.1) is 11.8 Å². The fourth-order valence-corrected chi connectivity index (χ4v) is 6.46. The predicted octanol–water partition coefficient (Wildman–Crippen LogP) is 4.88. The minimum atomic E-state index is 0.308. The van der Waals surface area contributed by atoms with Crippen molar-refractivity contribution in [3.05, 3.63) is 35.0 Å². The van der Waals surface area contributed by atoms with Crippen LogP contribution in [0.15, 0.2) is 28.3 Å². The monoisotopic (exact) mass is 453 g/mol. The molecule has 162 valence electrons. The summed E-state index contributed by atoms with van der Waals surface area (Å²) in [5.74, 6) is 0.751.